The highest BCUT2D eigenvalue weighted by Crippen LogP contribution is 2.40. The molecule has 2 aliphatic heterocycles. The Bertz CT molecular complexity index is 228. The molecule has 4 unspecified atom stereocenters. The third-order valence-corrected chi connectivity index (χ3v) is 4.63. The van der Waals surface area contributed by atoms with E-state index in [1.807, 2.05) is 0 Å². The van der Waals surface area contributed by atoms with Gasteiger partial charge in [0.15, 0.2) is 0 Å². The topological polar surface area (TPSA) is 38.5 Å². The average molecular weight is 210 g/mol. The van der Waals surface area contributed by atoms with Crippen molar-refractivity contribution in [2.45, 2.75) is 37.8 Å². The number of likely N-dealkylation sites (tertiary alicyclic amines) is 1. The van der Waals surface area contributed by atoms with Crippen molar-refractivity contribution in [2.75, 3.05) is 26.3 Å². The first-order chi connectivity index (χ1) is 7.38. The van der Waals surface area contributed by atoms with Crippen LogP contribution in [0.3, 0.4) is 0 Å². The molecule has 0 amide bonds. The van der Waals surface area contributed by atoms with Gasteiger partial charge >= 0.3 is 0 Å². The predicted octanol–water partition coefficient (Wildman–Crippen LogP) is 0.834. The van der Waals surface area contributed by atoms with Crippen LogP contribution in [-0.4, -0.2) is 43.3 Å². The molecular formula is C12H22N2O. The molecule has 3 rings (SSSR count). The van der Waals surface area contributed by atoms with Gasteiger partial charge in [0, 0.05) is 37.7 Å². The van der Waals surface area contributed by atoms with Crippen LogP contribution in [0.4, 0.5) is 0 Å². The molecule has 0 aromatic rings. The van der Waals surface area contributed by atoms with Crippen LogP contribution in [0.2, 0.25) is 0 Å². The Morgan fingerprint density at radius 3 is 2.80 bits per heavy atom. The highest BCUT2D eigenvalue weighted by molar-refractivity contribution is 4.97. The van der Waals surface area contributed by atoms with Gasteiger partial charge in [-0.25, -0.2) is 0 Å². The molecule has 86 valence electrons. The van der Waals surface area contributed by atoms with Crippen molar-refractivity contribution in [2.24, 2.45) is 17.6 Å². The van der Waals surface area contributed by atoms with Gasteiger partial charge in [-0.2, -0.15) is 0 Å². The summed E-state index contributed by atoms with van der Waals surface area (Å²) in [6.45, 7) is 4.01. The third kappa shape index (κ3) is 1.71. The van der Waals surface area contributed by atoms with Crippen molar-refractivity contribution < 1.29 is 4.74 Å². The zero-order valence-corrected chi connectivity index (χ0v) is 9.40. The van der Waals surface area contributed by atoms with Gasteiger partial charge in [0.05, 0.1) is 6.61 Å². The monoisotopic (exact) mass is 210 g/mol. The lowest BCUT2D eigenvalue weighted by Gasteiger charge is -2.37. The Morgan fingerprint density at radius 2 is 2.27 bits per heavy atom. The van der Waals surface area contributed by atoms with Gasteiger partial charge in [0.25, 0.3) is 0 Å². The van der Waals surface area contributed by atoms with Gasteiger partial charge in [-0.05, 0) is 31.6 Å². The molecule has 3 heteroatoms. The summed E-state index contributed by atoms with van der Waals surface area (Å²) in [5, 5.41) is 0. The Labute approximate surface area is 91.9 Å². The van der Waals surface area contributed by atoms with Crippen molar-refractivity contribution in [3.63, 3.8) is 0 Å². The minimum atomic E-state index is 0.600. The Balaban J connectivity index is 1.68. The summed E-state index contributed by atoms with van der Waals surface area (Å²) >= 11 is 0. The van der Waals surface area contributed by atoms with Crippen molar-refractivity contribution in [1.82, 2.24) is 4.90 Å². The smallest absolute Gasteiger partial charge is 0.0510 e. The normalized spacial score (nSPS) is 42.6. The van der Waals surface area contributed by atoms with Gasteiger partial charge in [0.2, 0.25) is 0 Å². The minimum absolute atomic E-state index is 0.600. The summed E-state index contributed by atoms with van der Waals surface area (Å²) in [5.74, 6) is 1.68. The van der Waals surface area contributed by atoms with Crippen LogP contribution >= 0.6 is 0 Å². The molecule has 0 spiro atoms. The molecule has 2 heterocycles. The first kappa shape index (κ1) is 10.1. The van der Waals surface area contributed by atoms with Crippen molar-refractivity contribution >= 4 is 0 Å². The van der Waals surface area contributed by atoms with E-state index in [1.54, 1.807) is 0 Å². The Morgan fingerprint density at radius 1 is 1.33 bits per heavy atom. The number of fused-ring (bicyclic) bond motifs is 2. The second kappa shape index (κ2) is 4.04. The molecule has 15 heavy (non-hydrogen) atoms. The molecule has 2 saturated heterocycles. The first-order valence-electron chi connectivity index (χ1n) is 6.42. The van der Waals surface area contributed by atoms with E-state index in [4.69, 9.17) is 10.5 Å². The lowest BCUT2D eigenvalue weighted by Crippen LogP contribution is -2.49. The summed E-state index contributed by atoms with van der Waals surface area (Å²) < 4.78 is 5.50. The third-order valence-electron chi connectivity index (χ3n) is 4.63. The van der Waals surface area contributed by atoms with Gasteiger partial charge in [-0.3, -0.25) is 4.90 Å². The fourth-order valence-corrected chi connectivity index (χ4v) is 3.82. The minimum Gasteiger partial charge on any atom is -0.381 e. The SMILES string of the molecule is NCC(C1CCOC1)N1CC2CCC1C2. The molecule has 0 aromatic carbocycles. The van der Waals surface area contributed by atoms with E-state index >= 15 is 0 Å². The zero-order valence-electron chi connectivity index (χ0n) is 9.40. The van der Waals surface area contributed by atoms with Crippen LogP contribution in [0.1, 0.15) is 25.7 Å². The molecule has 3 nitrogen and oxygen atoms in total. The number of nitrogens with two attached hydrogens (primary N) is 1. The summed E-state index contributed by atoms with van der Waals surface area (Å²) in [7, 11) is 0. The number of ether oxygens (including phenoxy) is 1. The van der Waals surface area contributed by atoms with Gasteiger partial charge in [0.1, 0.15) is 0 Å². The van der Waals surface area contributed by atoms with E-state index < -0.39 is 0 Å². The second-order valence-corrected chi connectivity index (χ2v) is 5.46. The van der Waals surface area contributed by atoms with E-state index in [-0.39, 0.29) is 0 Å². The summed E-state index contributed by atoms with van der Waals surface area (Å²) in [4.78, 5) is 2.70. The van der Waals surface area contributed by atoms with E-state index in [0.717, 1.165) is 31.7 Å². The van der Waals surface area contributed by atoms with Crippen LogP contribution in [-0.2, 0) is 4.74 Å². The first-order valence-corrected chi connectivity index (χ1v) is 6.42. The van der Waals surface area contributed by atoms with Gasteiger partial charge in [-0.15, -0.1) is 0 Å². The molecule has 3 aliphatic rings. The Kier molecular flexibility index (Phi) is 2.71. The standard InChI is InChI=1S/C12H22N2O/c13-6-12(10-3-4-15-8-10)14-7-9-1-2-11(14)5-9/h9-12H,1-8,13H2. The molecule has 0 aromatic heterocycles. The van der Waals surface area contributed by atoms with E-state index in [0.29, 0.717) is 12.0 Å². The number of nitrogens with zero attached hydrogens (tertiary/aromatic N) is 1. The number of rotatable bonds is 3. The highest BCUT2D eigenvalue weighted by Gasteiger charge is 2.43. The Hall–Kier alpha value is -0.120. The number of hydrogen-bond donors (Lipinski definition) is 1. The highest BCUT2D eigenvalue weighted by atomic mass is 16.5. The summed E-state index contributed by atoms with van der Waals surface area (Å²) in [5.41, 5.74) is 5.97. The molecule has 4 atom stereocenters. The predicted molar refractivity (Wildman–Crippen MR) is 59.6 cm³/mol. The molecule has 1 aliphatic carbocycles. The zero-order chi connectivity index (χ0) is 10.3. The molecule has 2 N–H and O–H groups in total. The van der Waals surface area contributed by atoms with Crippen LogP contribution in [0.5, 0.6) is 0 Å². The molecule has 2 bridgehead atoms. The molecule has 1 saturated carbocycles. The van der Waals surface area contributed by atoms with Crippen LogP contribution in [0.15, 0.2) is 0 Å². The number of piperidine rings is 1. The fourth-order valence-electron chi connectivity index (χ4n) is 3.82. The summed E-state index contributed by atoms with van der Waals surface area (Å²) in [6, 6.07) is 1.45. The quantitative estimate of drug-likeness (QED) is 0.750. The summed E-state index contributed by atoms with van der Waals surface area (Å²) in [6.07, 6.45) is 5.52. The fraction of sp³-hybridized carbons (Fsp3) is 1.00. The molecule has 0 radical (unpaired) electrons. The molecule has 3 fully saturated rings. The lowest BCUT2D eigenvalue weighted by atomic mass is 9.95. The number of hydrogen-bond acceptors (Lipinski definition) is 3. The van der Waals surface area contributed by atoms with Crippen molar-refractivity contribution in [3.05, 3.63) is 0 Å². The van der Waals surface area contributed by atoms with Gasteiger partial charge in [-0.1, -0.05) is 0 Å². The van der Waals surface area contributed by atoms with E-state index in [1.165, 1.54) is 32.2 Å². The maximum absolute atomic E-state index is 5.97. The van der Waals surface area contributed by atoms with Crippen molar-refractivity contribution in [3.8, 4) is 0 Å². The van der Waals surface area contributed by atoms with Crippen LogP contribution < -0.4 is 5.73 Å². The maximum Gasteiger partial charge on any atom is 0.0510 e. The van der Waals surface area contributed by atoms with E-state index in [2.05, 4.69) is 4.90 Å². The van der Waals surface area contributed by atoms with Crippen LogP contribution in [0, 0.1) is 11.8 Å². The average Bonchev–Trinajstić information content (AvgIpc) is 2.94. The van der Waals surface area contributed by atoms with Crippen molar-refractivity contribution in [1.29, 1.82) is 0 Å². The molecular weight excluding hydrogens is 188 g/mol. The van der Waals surface area contributed by atoms with Crippen LogP contribution in [0.25, 0.3) is 0 Å². The maximum atomic E-state index is 5.97. The van der Waals surface area contributed by atoms with Gasteiger partial charge < -0.3 is 10.5 Å². The lowest BCUT2D eigenvalue weighted by molar-refractivity contribution is 0.0957. The second-order valence-electron chi connectivity index (χ2n) is 5.46. The van der Waals surface area contributed by atoms with E-state index in [9.17, 15) is 0 Å². The largest absolute Gasteiger partial charge is 0.381 e.